The molecule has 31 heavy (non-hydrogen) atoms. The van der Waals surface area contributed by atoms with E-state index >= 15 is 0 Å². The maximum Gasteiger partial charge on any atom is 0.488 e. The Morgan fingerprint density at radius 1 is 1.10 bits per heavy atom. The second-order valence-corrected chi connectivity index (χ2v) is 8.08. The first kappa shape index (κ1) is 22.5. The Hall–Kier alpha value is -3.24. The Kier molecular flexibility index (Phi) is 6.72. The number of nitrogens with one attached hydrogen (secondary N) is 2. The number of hydrogen-bond acceptors (Lipinski definition) is 7. The Balaban J connectivity index is 1.75. The highest BCUT2D eigenvalue weighted by atomic mass is 16.7. The second kappa shape index (κ2) is 9.28. The summed E-state index contributed by atoms with van der Waals surface area (Å²) in [5, 5.41) is 23.9. The lowest BCUT2D eigenvalue weighted by Crippen LogP contribution is -2.47. The Morgan fingerprint density at radius 3 is 2.42 bits per heavy atom. The minimum atomic E-state index is -1.58. The molecule has 1 atom stereocenters. The number of benzene rings is 2. The molecule has 1 aliphatic heterocycles. The molecule has 2 aromatic carbocycles. The van der Waals surface area contributed by atoms with Crippen LogP contribution in [0.25, 0.3) is 0 Å². The van der Waals surface area contributed by atoms with Gasteiger partial charge >= 0.3 is 13.2 Å². The molecule has 2 amide bonds. The molecule has 0 fully saturated rings. The highest BCUT2D eigenvalue weighted by molar-refractivity contribution is 6.58. The van der Waals surface area contributed by atoms with E-state index in [4.69, 9.17) is 14.2 Å². The first-order valence-corrected chi connectivity index (χ1v) is 9.76. The molecule has 0 saturated heterocycles. The minimum absolute atomic E-state index is 0.119. The van der Waals surface area contributed by atoms with Gasteiger partial charge in [0.25, 0.3) is 0 Å². The summed E-state index contributed by atoms with van der Waals surface area (Å²) in [7, 11) is -1.58. The Morgan fingerprint density at radius 2 is 1.77 bits per heavy atom. The van der Waals surface area contributed by atoms with E-state index in [0.29, 0.717) is 28.2 Å². The quantitative estimate of drug-likeness (QED) is 0.509. The van der Waals surface area contributed by atoms with Gasteiger partial charge in [-0.25, -0.2) is 4.79 Å². The summed E-state index contributed by atoms with van der Waals surface area (Å²) < 4.78 is 15.9. The number of alkyl carbamates (subject to hydrolysis) is 1. The number of ether oxygens (including phenoxy) is 3. The maximum atomic E-state index is 13.0. The summed E-state index contributed by atoms with van der Waals surface area (Å²) in [6.45, 7) is 5.31. The van der Waals surface area contributed by atoms with Crippen molar-refractivity contribution in [3.8, 4) is 11.5 Å². The van der Waals surface area contributed by atoms with Crippen LogP contribution in [0.5, 0.6) is 11.5 Å². The van der Waals surface area contributed by atoms with E-state index in [1.54, 1.807) is 63.2 Å². The summed E-state index contributed by atoms with van der Waals surface area (Å²) in [5.74, 6) is 0.663. The molecule has 1 aliphatic rings. The van der Waals surface area contributed by atoms with Crippen molar-refractivity contribution >= 4 is 30.3 Å². The first-order valence-electron chi connectivity index (χ1n) is 9.76. The average Bonchev–Trinajstić information content (AvgIpc) is 3.14. The van der Waals surface area contributed by atoms with Crippen molar-refractivity contribution in [1.82, 2.24) is 5.32 Å². The van der Waals surface area contributed by atoms with E-state index < -0.39 is 30.8 Å². The number of carbonyl (C=O) groups is 2. The zero-order valence-corrected chi connectivity index (χ0v) is 17.5. The van der Waals surface area contributed by atoms with E-state index in [2.05, 4.69) is 10.6 Å². The summed E-state index contributed by atoms with van der Waals surface area (Å²) in [6, 6.07) is 10.5. The van der Waals surface area contributed by atoms with Crippen LogP contribution in [-0.4, -0.2) is 47.6 Å². The van der Waals surface area contributed by atoms with Crippen molar-refractivity contribution < 1.29 is 33.8 Å². The van der Waals surface area contributed by atoms with Crippen LogP contribution in [0.15, 0.2) is 42.5 Å². The molecule has 0 aromatic heterocycles. The van der Waals surface area contributed by atoms with E-state index in [1.165, 1.54) is 0 Å². The summed E-state index contributed by atoms with van der Waals surface area (Å²) in [4.78, 5) is 25.3. The monoisotopic (exact) mass is 428 g/mol. The van der Waals surface area contributed by atoms with Gasteiger partial charge in [-0.2, -0.15) is 0 Å². The van der Waals surface area contributed by atoms with E-state index in [0.717, 1.165) is 0 Å². The molecule has 4 N–H and O–H groups in total. The highest BCUT2D eigenvalue weighted by Crippen LogP contribution is 2.34. The molecule has 0 saturated carbocycles. The van der Waals surface area contributed by atoms with Crippen molar-refractivity contribution in [2.24, 2.45) is 0 Å². The molecule has 10 heteroatoms. The number of amides is 2. The predicted octanol–water partition coefficient (Wildman–Crippen LogP) is 1.17. The van der Waals surface area contributed by atoms with Gasteiger partial charge < -0.3 is 34.9 Å². The fraction of sp³-hybridized carbons (Fsp3) is 0.333. The molecule has 0 aliphatic carbocycles. The Bertz CT molecular complexity index is 942. The van der Waals surface area contributed by atoms with Crippen LogP contribution in [0.1, 0.15) is 26.3 Å². The fourth-order valence-electron chi connectivity index (χ4n) is 2.92. The molecule has 164 valence electrons. The zero-order valence-electron chi connectivity index (χ0n) is 17.5. The molecule has 3 rings (SSSR count). The van der Waals surface area contributed by atoms with Crippen molar-refractivity contribution in [3.63, 3.8) is 0 Å². The van der Waals surface area contributed by atoms with Crippen molar-refractivity contribution in [2.75, 3.05) is 12.1 Å². The summed E-state index contributed by atoms with van der Waals surface area (Å²) >= 11 is 0. The normalized spacial score (nSPS) is 13.3. The lowest BCUT2D eigenvalue weighted by atomic mass is 9.80. The Labute approximate surface area is 180 Å². The predicted molar refractivity (Wildman–Crippen MR) is 114 cm³/mol. The molecular weight excluding hydrogens is 403 g/mol. The van der Waals surface area contributed by atoms with Gasteiger partial charge in [0, 0.05) is 18.2 Å². The largest absolute Gasteiger partial charge is 0.488 e. The topological polar surface area (TPSA) is 126 Å². The molecule has 0 unspecified atom stereocenters. The van der Waals surface area contributed by atoms with Crippen LogP contribution in [0.4, 0.5) is 10.5 Å². The molecule has 0 spiro atoms. The number of fused-ring (bicyclic) bond motifs is 1. The van der Waals surface area contributed by atoms with Gasteiger partial charge in [-0.05, 0) is 43.9 Å². The van der Waals surface area contributed by atoms with Gasteiger partial charge in [-0.1, -0.05) is 24.3 Å². The molecule has 1 heterocycles. The number of anilines is 1. The van der Waals surface area contributed by atoms with Crippen LogP contribution in [0.3, 0.4) is 0 Å². The zero-order chi connectivity index (χ0) is 22.6. The number of rotatable bonds is 6. The van der Waals surface area contributed by atoms with Gasteiger partial charge in [-0.3, -0.25) is 4.79 Å². The number of hydrogen-bond donors (Lipinski definition) is 4. The summed E-state index contributed by atoms with van der Waals surface area (Å²) in [5.41, 5.74) is 0.807. The van der Waals surface area contributed by atoms with Crippen LogP contribution in [-0.2, 0) is 16.0 Å². The minimum Gasteiger partial charge on any atom is -0.454 e. The molecule has 0 bridgehead atoms. The van der Waals surface area contributed by atoms with Gasteiger partial charge in [-0.15, -0.1) is 0 Å². The maximum absolute atomic E-state index is 13.0. The highest BCUT2D eigenvalue weighted by Gasteiger charge is 2.26. The third-order valence-electron chi connectivity index (χ3n) is 4.37. The van der Waals surface area contributed by atoms with E-state index in [-0.39, 0.29) is 13.2 Å². The van der Waals surface area contributed by atoms with Crippen LogP contribution in [0, 0.1) is 0 Å². The second-order valence-electron chi connectivity index (χ2n) is 8.08. The van der Waals surface area contributed by atoms with Crippen LogP contribution >= 0.6 is 0 Å². The smallest absolute Gasteiger partial charge is 0.454 e. The van der Waals surface area contributed by atoms with Crippen molar-refractivity contribution in [3.05, 3.63) is 48.0 Å². The first-order chi connectivity index (χ1) is 14.6. The van der Waals surface area contributed by atoms with E-state index in [9.17, 15) is 19.6 Å². The SMILES string of the molecule is CC(C)(C)OC(=O)N[C@@H](Cc1ccc(B(O)O)cc1)C(=O)Nc1ccc2c(c1)OCO2. The molecule has 2 aromatic rings. The van der Waals surface area contributed by atoms with Gasteiger partial charge in [0.2, 0.25) is 12.7 Å². The van der Waals surface area contributed by atoms with Crippen LogP contribution in [0.2, 0.25) is 0 Å². The van der Waals surface area contributed by atoms with Crippen molar-refractivity contribution in [2.45, 2.75) is 38.8 Å². The lowest BCUT2D eigenvalue weighted by molar-refractivity contribution is -0.118. The fourth-order valence-corrected chi connectivity index (χ4v) is 2.92. The summed E-state index contributed by atoms with van der Waals surface area (Å²) in [6.07, 6.45) is -0.557. The van der Waals surface area contributed by atoms with Gasteiger partial charge in [0.1, 0.15) is 11.6 Å². The van der Waals surface area contributed by atoms with Gasteiger partial charge in [0.15, 0.2) is 11.5 Å². The van der Waals surface area contributed by atoms with Crippen LogP contribution < -0.4 is 25.6 Å². The lowest BCUT2D eigenvalue weighted by Gasteiger charge is -2.23. The van der Waals surface area contributed by atoms with E-state index in [1.807, 2.05) is 0 Å². The molecular formula is C21H25BN2O7. The molecule has 0 radical (unpaired) electrons. The third kappa shape index (κ3) is 6.37. The standard InChI is InChI=1S/C21H25BN2O7/c1-21(2,3)31-20(26)24-16(10-13-4-6-14(7-5-13)22(27)28)19(25)23-15-8-9-17-18(11-15)30-12-29-17/h4-9,11,16,27-28H,10,12H2,1-3H3,(H,23,25)(H,24,26)/t16-/m0/s1. The van der Waals surface area contributed by atoms with Crippen molar-refractivity contribution in [1.29, 1.82) is 0 Å². The third-order valence-corrected chi connectivity index (χ3v) is 4.37. The number of carbonyl (C=O) groups excluding carboxylic acids is 2. The average molecular weight is 428 g/mol. The van der Waals surface area contributed by atoms with Gasteiger partial charge in [0.05, 0.1) is 0 Å². The molecule has 9 nitrogen and oxygen atoms in total.